The summed E-state index contributed by atoms with van der Waals surface area (Å²) in [7, 11) is 2.62. The summed E-state index contributed by atoms with van der Waals surface area (Å²) in [5.41, 5.74) is 5.40. The standard InChI is InChI=1S/C12H18N5O7P.ClH.2H2N.Pt/c1-21-4-7-6(24-25(19,20)22-2)3-8(23-7)17-5-14-9-10(17)15-12(13)16-11(9)18;;;;/h5-8H,3-4H2,1-2H3,(H,19,20)(H3,13,15,16,18);1H;2*1H2;/q;;2*-1;+1/p-2/t6-,7-,8-;;;;/m1..../s1. The van der Waals surface area contributed by atoms with Crippen molar-refractivity contribution in [2.75, 3.05) is 26.6 Å². The number of nitrogens with two attached hydrogens (primary N) is 3. The summed E-state index contributed by atoms with van der Waals surface area (Å²) in [5.74, 6) is -0.0677. The van der Waals surface area contributed by atoms with Crippen LogP contribution in [0, 0.1) is 0 Å². The molecule has 1 saturated heterocycles. The van der Waals surface area contributed by atoms with Crippen molar-refractivity contribution in [3.05, 3.63) is 29.0 Å². The van der Waals surface area contributed by atoms with Gasteiger partial charge in [0.15, 0.2) is 11.2 Å². The van der Waals surface area contributed by atoms with Crippen molar-refractivity contribution < 1.29 is 46.8 Å². The second-order valence-corrected chi connectivity index (χ2v) is 6.84. The zero-order valence-electron chi connectivity index (χ0n) is 15.3. The van der Waals surface area contributed by atoms with Gasteiger partial charge in [0.1, 0.15) is 12.3 Å². The minimum atomic E-state index is -4.45. The van der Waals surface area contributed by atoms with Crippen LogP contribution in [0.1, 0.15) is 12.6 Å². The van der Waals surface area contributed by atoms with Gasteiger partial charge in [0.05, 0.1) is 19.0 Å². The van der Waals surface area contributed by atoms with Gasteiger partial charge in [-0.3, -0.25) is 18.9 Å². The second kappa shape index (κ2) is 12.1. The zero-order chi connectivity index (χ0) is 20.2. The van der Waals surface area contributed by atoms with Gasteiger partial charge in [-0.05, 0) is 0 Å². The van der Waals surface area contributed by atoms with E-state index in [0.29, 0.717) is 0 Å². The van der Waals surface area contributed by atoms with Gasteiger partial charge in [-0.2, -0.15) is 4.98 Å². The molecule has 14 nitrogen and oxygen atoms in total. The Morgan fingerprint density at radius 3 is 2.72 bits per heavy atom. The van der Waals surface area contributed by atoms with Crippen molar-refractivity contribution in [3.8, 4) is 0 Å². The quantitative estimate of drug-likeness (QED) is 0.431. The number of fused-ring (bicyclic) bond motifs is 1. The molecule has 17 heteroatoms. The molecule has 0 radical (unpaired) electrons. The summed E-state index contributed by atoms with van der Waals surface area (Å²) in [6, 6.07) is 0. The number of H-pyrrole nitrogens is 1. The molecule has 1 aliphatic rings. The first-order valence-electron chi connectivity index (χ1n) is 7.38. The van der Waals surface area contributed by atoms with Gasteiger partial charge in [-0.25, -0.2) is 4.98 Å². The van der Waals surface area contributed by atoms with E-state index in [4.69, 9.17) is 19.7 Å². The maximum absolute atomic E-state index is 11.9. The van der Waals surface area contributed by atoms with Crippen molar-refractivity contribution in [1.82, 2.24) is 19.5 Å². The Bertz CT molecular complexity index is 884. The Morgan fingerprint density at radius 2 is 2.14 bits per heavy atom. The normalized spacial score (nSPS) is 22.8. The van der Waals surface area contributed by atoms with Gasteiger partial charge in [0.2, 0.25) is 5.95 Å². The van der Waals surface area contributed by atoms with E-state index in [-0.39, 0.29) is 42.4 Å². The number of nitrogen functional groups attached to an aromatic ring is 1. The first kappa shape index (κ1) is 28.1. The molecular formula is C12H21ClN7O7PPt-3. The molecule has 171 valence electrons. The van der Waals surface area contributed by atoms with E-state index < -0.39 is 31.8 Å². The average Bonchev–Trinajstić information content (AvgIpc) is 3.21. The van der Waals surface area contributed by atoms with Gasteiger partial charge in [0, 0.05) is 20.6 Å². The predicted molar refractivity (Wildman–Crippen MR) is 98.9 cm³/mol. The van der Waals surface area contributed by atoms with Gasteiger partial charge < -0.3 is 41.4 Å². The van der Waals surface area contributed by atoms with Crippen LogP contribution in [-0.2, 0) is 41.9 Å². The smallest absolute Gasteiger partial charge is 0.693 e. The molecule has 0 saturated carbocycles. The van der Waals surface area contributed by atoms with E-state index in [0.717, 1.165) is 7.11 Å². The van der Waals surface area contributed by atoms with E-state index in [1.54, 1.807) is 18.8 Å². The summed E-state index contributed by atoms with van der Waals surface area (Å²) in [6.45, 7) is 0.105. The number of hydrogen-bond acceptors (Lipinski definition) is 10. The van der Waals surface area contributed by atoms with Crippen LogP contribution in [0.5, 0.6) is 0 Å². The van der Waals surface area contributed by atoms with Crippen LogP contribution in [0.15, 0.2) is 11.1 Å². The first-order chi connectivity index (χ1) is 12.8. The number of phosphoric ester groups is 1. The number of ether oxygens (including phenoxy) is 2. The molecule has 1 unspecified atom stereocenters. The SMILES string of the molecule is COC[C@H]1O[C@@H](n2cnc3c(=O)[nH]c(N)nc32)C[C@H]1OP(=O)([O-])OC.[Cl][Pt].[NH2-].[NH2-]. The molecule has 1 fully saturated rings. The molecule has 1 aliphatic heterocycles. The number of imidazole rings is 1. The molecule has 3 rings (SSSR count). The molecule has 2 aromatic rings. The molecule has 0 spiro atoms. The van der Waals surface area contributed by atoms with Gasteiger partial charge in [0.25, 0.3) is 13.4 Å². The van der Waals surface area contributed by atoms with Crippen LogP contribution < -0.4 is 16.2 Å². The molecule has 7 N–H and O–H groups in total. The summed E-state index contributed by atoms with van der Waals surface area (Å²) in [6.07, 6.45) is -0.630. The van der Waals surface area contributed by atoms with E-state index in [1.165, 1.54) is 18.0 Å². The topological polar surface area (TPSA) is 234 Å². The Kier molecular flexibility index (Phi) is 11.7. The third kappa shape index (κ3) is 6.53. The van der Waals surface area contributed by atoms with E-state index in [1.807, 2.05) is 0 Å². The number of phosphoric acid groups is 1. The van der Waals surface area contributed by atoms with Crippen LogP contribution >= 0.6 is 17.2 Å². The number of nitrogens with one attached hydrogen (secondary N) is 1. The molecule has 0 bridgehead atoms. The molecule has 0 amide bonds. The summed E-state index contributed by atoms with van der Waals surface area (Å²) in [5, 5.41) is 0. The van der Waals surface area contributed by atoms with Crippen molar-refractivity contribution in [2.45, 2.75) is 24.9 Å². The van der Waals surface area contributed by atoms with E-state index in [2.05, 4.69) is 28.9 Å². The van der Waals surface area contributed by atoms with Crippen molar-refractivity contribution in [3.63, 3.8) is 0 Å². The largest absolute Gasteiger partial charge is 0.693 e. The molecular weight excluding hydrogens is 616 g/mol. The van der Waals surface area contributed by atoms with Crippen LogP contribution in [0.3, 0.4) is 0 Å². The Morgan fingerprint density at radius 1 is 1.48 bits per heavy atom. The zero-order valence-corrected chi connectivity index (χ0v) is 19.2. The minimum absolute atomic E-state index is 0. The predicted octanol–water partition coefficient (Wildman–Crippen LogP) is 1.26. The fraction of sp³-hybridized carbons (Fsp3) is 0.583. The molecule has 0 aliphatic carbocycles. The first-order valence-corrected chi connectivity index (χ1v) is 11.7. The van der Waals surface area contributed by atoms with Gasteiger partial charge in [-0.15, -0.1) is 0 Å². The van der Waals surface area contributed by atoms with E-state index >= 15 is 0 Å². The number of anilines is 1. The van der Waals surface area contributed by atoms with Gasteiger partial charge in [-0.1, -0.05) is 0 Å². The van der Waals surface area contributed by atoms with Crippen LogP contribution in [-0.4, -0.2) is 52.6 Å². The van der Waals surface area contributed by atoms with Crippen molar-refractivity contribution in [1.29, 1.82) is 0 Å². The number of aromatic nitrogens is 4. The van der Waals surface area contributed by atoms with Crippen LogP contribution in [0.4, 0.5) is 5.95 Å². The maximum atomic E-state index is 11.9. The molecule has 2 aromatic heterocycles. The molecule has 0 aromatic carbocycles. The number of aromatic amines is 1. The molecule has 29 heavy (non-hydrogen) atoms. The Labute approximate surface area is 181 Å². The summed E-state index contributed by atoms with van der Waals surface area (Å²) < 4.78 is 33.3. The summed E-state index contributed by atoms with van der Waals surface area (Å²) in [4.78, 5) is 33.9. The number of nitrogens with zero attached hydrogens (tertiary/aromatic N) is 3. The van der Waals surface area contributed by atoms with Crippen molar-refractivity contribution >= 4 is 34.4 Å². The third-order valence-corrected chi connectivity index (χ3v) is 4.74. The number of rotatable bonds is 6. The fourth-order valence-corrected chi connectivity index (χ4v) is 3.30. The average molecular weight is 637 g/mol. The van der Waals surface area contributed by atoms with Gasteiger partial charge >= 0.3 is 28.2 Å². The summed E-state index contributed by atoms with van der Waals surface area (Å²) >= 11 is 1.61. The number of hydrogen-bond donors (Lipinski definition) is 2. The fourth-order valence-electron chi connectivity index (χ4n) is 2.66. The van der Waals surface area contributed by atoms with Crippen LogP contribution in [0.2, 0.25) is 0 Å². The Balaban J connectivity index is 0.00000190. The van der Waals surface area contributed by atoms with Crippen molar-refractivity contribution in [2.24, 2.45) is 0 Å². The molecule has 3 heterocycles. The number of methoxy groups -OCH3 is 1. The monoisotopic (exact) mass is 636 g/mol. The second-order valence-electron chi connectivity index (χ2n) is 5.37. The third-order valence-electron chi connectivity index (χ3n) is 3.76. The maximum Gasteiger partial charge on any atom is -0.693 e. The Hall–Kier alpha value is -0.922. The minimum Gasteiger partial charge on any atom is -0.693 e. The van der Waals surface area contributed by atoms with Crippen LogP contribution in [0.25, 0.3) is 23.5 Å². The van der Waals surface area contributed by atoms with E-state index in [9.17, 15) is 14.3 Å². The number of halogens is 1. The molecule has 4 atom stereocenters.